The first-order valence-corrected chi connectivity index (χ1v) is 7.95. The number of piperidine rings is 1. The van der Waals surface area contributed by atoms with E-state index in [1.54, 1.807) is 0 Å². The van der Waals surface area contributed by atoms with Crippen LogP contribution < -0.4 is 0 Å². The van der Waals surface area contributed by atoms with Crippen LogP contribution in [0.4, 0.5) is 4.79 Å². The summed E-state index contributed by atoms with van der Waals surface area (Å²) in [7, 11) is 0. The van der Waals surface area contributed by atoms with Crippen LogP contribution >= 0.6 is 0 Å². The molecule has 0 radical (unpaired) electrons. The number of rotatable bonds is 2. The molecule has 2 aliphatic rings. The van der Waals surface area contributed by atoms with Crippen molar-refractivity contribution in [2.75, 3.05) is 13.1 Å². The minimum atomic E-state index is -0.973. The summed E-state index contributed by atoms with van der Waals surface area (Å²) in [6.07, 6.45) is 0.673. The van der Waals surface area contributed by atoms with Crippen molar-refractivity contribution in [3.8, 4) is 0 Å². The first-order valence-electron chi connectivity index (χ1n) is 7.95. The Balaban J connectivity index is 1.61. The van der Waals surface area contributed by atoms with Crippen molar-refractivity contribution in [3.05, 3.63) is 35.9 Å². The number of hydrogen-bond donors (Lipinski definition) is 1. The molecule has 0 unspecified atom stereocenters. The fraction of sp³-hybridized carbons (Fsp3) is 0.529. The minimum Gasteiger partial charge on any atom is -0.454 e. The highest BCUT2D eigenvalue weighted by atomic mass is 16.6. The Hall–Kier alpha value is -2.08. The number of benzene rings is 1. The second-order valence-electron chi connectivity index (χ2n) is 6.16. The Kier molecular flexibility index (Phi) is 4.52. The summed E-state index contributed by atoms with van der Waals surface area (Å²) < 4.78 is 10.8. The van der Waals surface area contributed by atoms with E-state index in [1.807, 2.05) is 30.3 Å². The molecule has 1 spiro atoms. The van der Waals surface area contributed by atoms with E-state index in [-0.39, 0.29) is 25.5 Å². The van der Waals surface area contributed by atoms with Gasteiger partial charge in [0.25, 0.3) is 0 Å². The lowest BCUT2D eigenvalue weighted by Gasteiger charge is -2.46. The van der Waals surface area contributed by atoms with Gasteiger partial charge >= 0.3 is 12.1 Å². The van der Waals surface area contributed by atoms with Gasteiger partial charge in [-0.2, -0.15) is 0 Å². The number of hydrogen-bond acceptors (Lipinski definition) is 5. The van der Waals surface area contributed by atoms with Crippen molar-refractivity contribution in [3.63, 3.8) is 0 Å². The van der Waals surface area contributed by atoms with E-state index < -0.39 is 17.8 Å². The molecular formula is C17H21NO5. The summed E-state index contributed by atoms with van der Waals surface area (Å²) in [6.45, 7) is 0.929. The minimum absolute atomic E-state index is 0.188. The van der Waals surface area contributed by atoms with E-state index in [1.165, 1.54) is 4.90 Å². The smallest absolute Gasteiger partial charge is 0.410 e. The maximum Gasteiger partial charge on any atom is 0.410 e. The first-order chi connectivity index (χ1) is 11.1. The molecule has 3 rings (SSSR count). The van der Waals surface area contributed by atoms with Crippen molar-refractivity contribution in [2.24, 2.45) is 0 Å². The second kappa shape index (κ2) is 6.58. The molecule has 0 aromatic heterocycles. The van der Waals surface area contributed by atoms with Crippen LogP contribution in [0.25, 0.3) is 0 Å². The van der Waals surface area contributed by atoms with Crippen molar-refractivity contribution in [1.29, 1.82) is 0 Å². The largest absolute Gasteiger partial charge is 0.454 e. The highest BCUT2D eigenvalue weighted by molar-refractivity contribution is 5.72. The quantitative estimate of drug-likeness (QED) is 0.842. The lowest BCUT2D eigenvalue weighted by atomic mass is 9.83. The average Bonchev–Trinajstić information content (AvgIpc) is 2.57. The molecule has 0 aliphatic carbocycles. The van der Waals surface area contributed by atoms with Gasteiger partial charge in [0, 0.05) is 13.0 Å². The SMILES string of the molecule is O=C1CC[C@@H](O)[C@]2(CCCN(C(=O)OCc3ccccc3)C2)O1. The Morgan fingerprint density at radius 1 is 1.39 bits per heavy atom. The molecular weight excluding hydrogens is 298 g/mol. The second-order valence-corrected chi connectivity index (χ2v) is 6.16. The number of carbonyl (C=O) groups is 2. The number of likely N-dealkylation sites (tertiary alicyclic amines) is 1. The zero-order chi connectivity index (χ0) is 16.3. The van der Waals surface area contributed by atoms with Crippen LogP contribution in [-0.4, -0.2) is 46.9 Å². The van der Waals surface area contributed by atoms with Crippen LogP contribution in [0.2, 0.25) is 0 Å². The van der Waals surface area contributed by atoms with E-state index in [2.05, 4.69) is 0 Å². The third kappa shape index (κ3) is 3.47. The van der Waals surface area contributed by atoms with Gasteiger partial charge < -0.3 is 19.5 Å². The number of nitrogens with zero attached hydrogens (tertiary/aromatic N) is 1. The van der Waals surface area contributed by atoms with Crippen LogP contribution in [0.1, 0.15) is 31.2 Å². The fourth-order valence-corrected chi connectivity index (χ4v) is 3.24. The van der Waals surface area contributed by atoms with Crippen LogP contribution in [0, 0.1) is 0 Å². The number of esters is 1. The van der Waals surface area contributed by atoms with Gasteiger partial charge in [0.15, 0.2) is 5.60 Å². The molecule has 1 amide bonds. The molecule has 0 bridgehead atoms. The summed E-state index contributed by atoms with van der Waals surface area (Å²) >= 11 is 0. The van der Waals surface area contributed by atoms with E-state index in [0.717, 1.165) is 5.56 Å². The summed E-state index contributed by atoms with van der Waals surface area (Å²) in [5.74, 6) is -0.310. The topological polar surface area (TPSA) is 76.1 Å². The lowest BCUT2D eigenvalue weighted by Crippen LogP contribution is -2.60. The molecule has 1 aromatic rings. The molecule has 2 fully saturated rings. The number of ether oxygens (including phenoxy) is 2. The van der Waals surface area contributed by atoms with Crippen LogP contribution in [0.15, 0.2) is 30.3 Å². The third-order valence-corrected chi connectivity index (χ3v) is 4.50. The van der Waals surface area contributed by atoms with Gasteiger partial charge in [-0.05, 0) is 24.8 Å². The van der Waals surface area contributed by atoms with Crippen molar-refractivity contribution in [2.45, 2.75) is 44.0 Å². The summed E-state index contributed by atoms with van der Waals surface area (Å²) in [4.78, 5) is 25.4. The lowest BCUT2D eigenvalue weighted by molar-refractivity contribution is -0.196. The highest BCUT2D eigenvalue weighted by Crippen LogP contribution is 2.34. The number of aliphatic hydroxyl groups is 1. The monoisotopic (exact) mass is 319 g/mol. The fourth-order valence-electron chi connectivity index (χ4n) is 3.24. The molecule has 0 saturated carbocycles. The van der Waals surface area contributed by atoms with Crippen LogP contribution in [0.3, 0.4) is 0 Å². The van der Waals surface area contributed by atoms with E-state index in [9.17, 15) is 14.7 Å². The van der Waals surface area contributed by atoms with Gasteiger partial charge in [-0.3, -0.25) is 4.79 Å². The van der Waals surface area contributed by atoms with E-state index in [0.29, 0.717) is 25.8 Å². The van der Waals surface area contributed by atoms with Gasteiger partial charge in [0.1, 0.15) is 6.61 Å². The van der Waals surface area contributed by atoms with Crippen molar-refractivity contribution in [1.82, 2.24) is 4.90 Å². The number of amides is 1. The zero-order valence-corrected chi connectivity index (χ0v) is 12.9. The normalized spacial score (nSPS) is 27.6. The Bertz CT molecular complexity index is 576. The highest BCUT2D eigenvalue weighted by Gasteiger charge is 2.48. The first kappa shape index (κ1) is 15.8. The summed E-state index contributed by atoms with van der Waals surface area (Å²) in [5, 5.41) is 10.3. The molecule has 2 heterocycles. The number of carbonyl (C=O) groups excluding carboxylic acids is 2. The molecule has 23 heavy (non-hydrogen) atoms. The molecule has 2 aliphatic heterocycles. The molecule has 6 heteroatoms. The van der Waals surface area contributed by atoms with Crippen LogP contribution in [-0.2, 0) is 20.9 Å². The Morgan fingerprint density at radius 2 is 2.17 bits per heavy atom. The van der Waals surface area contributed by atoms with E-state index >= 15 is 0 Å². The molecule has 6 nitrogen and oxygen atoms in total. The third-order valence-electron chi connectivity index (χ3n) is 4.50. The Morgan fingerprint density at radius 3 is 2.96 bits per heavy atom. The Labute approximate surface area is 135 Å². The van der Waals surface area contributed by atoms with Gasteiger partial charge in [-0.15, -0.1) is 0 Å². The predicted octanol–water partition coefficient (Wildman–Crippen LogP) is 1.86. The molecule has 1 aromatic carbocycles. The van der Waals surface area contributed by atoms with Gasteiger partial charge in [-0.25, -0.2) is 4.79 Å². The standard InChI is InChI=1S/C17H21NO5/c19-14-7-8-15(20)23-17(14)9-4-10-18(12-17)16(21)22-11-13-5-2-1-3-6-13/h1-3,5-6,14,19H,4,7-12H2/t14-,17-/m1/s1. The summed E-state index contributed by atoms with van der Waals surface area (Å²) in [6, 6.07) is 9.45. The summed E-state index contributed by atoms with van der Waals surface area (Å²) in [5.41, 5.74) is -0.0593. The average molecular weight is 319 g/mol. The van der Waals surface area contributed by atoms with Crippen molar-refractivity contribution >= 4 is 12.1 Å². The van der Waals surface area contributed by atoms with Gasteiger partial charge in [0.05, 0.1) is 12.6 Å². The maximum atomic E-state index is 12.3. The maximum absolute atomic E-state index is 12.3. The predicted molar refractivity (Wildman–Crippen MR) is 81.5 cm³/mol. The van der Waals surface area contributed by atoms with Gasteiger partial charge in [0.2, 0.25) is 0 Å². The molecule has 2 atom stereocenters. The molecule has 124 valence electrons. The zero-order valence-electron chi connectivity index (χ0n) is 12.9. The van der Waals surface area contributed by atoms with Gasteiger partial charge in [-0.1, -0.05) is 30.3 Å². The number of aliphatic hydroxyl groups excluding tert-OH is 1. The van der Waals surface area contributed by atoms with E-state index in [4.69, 9.17) is 9.47 Å². The molecule has 1 N–H and O–H groups in total. The van der Waals surface area contributed by atoms with Crippen LogP contribution in [0.5, 0.6) is 0 Å². The van der Waals surface area contributed by atoms with Crippen molar-refractivity contribution < 1.29 is 24.2 Å². The molecule has 2 saturated heterocycles.